The predicted octanol–water partition coefficient (Wildman–Crippen LogP) is 5.49. The maximum Gasteiger partial charge on any atom is 0.0960 e. The van der Waals surface area contributed by atoms with Gasteiger partial charge in [0, 0.05) is 10.1 Å². The first kappa shape index (κ1) is 13.4. The second kappa shape index (κ2) is 5.19. The van der Waals surface area contributed by atoms with Crippen LogP contribution >= 0.6 is 11.8 Å². The standard InChI is InChI=1S/C19H20OS/c1-12(2)13-7-9-14(10-8-13)21-18-11-17-15-5-3-4-6-16(15)19(18)20-17/h3-10,12,17-19H,11H2,1-2H3/t17-,18+,19-/m0/s1. The number of fused-ring (bicyclic) bond motifs is 5. The molecule has 2 aromatic rings. The van der Waals surface area contributed by atoms with Crippen LogP contribution in [0.5, 0.6) is 0 Å². The van der Waals surface area contributed by atoms with Crippen LogP contribution < -0.4 is 0 Å². The maximum atomic E-state index is 6.17. The van der Waals surface area contributed by atoms with Gasteiger partial charge in [-0.25, -0.2) is 0 Å². The van der Waals surface area contributed by atoms with E-state index < -0.39 is 0 Å². The summed E-state index contributed by atoms with van der Waals surface area (Å²) in [5.74, 6) is 0.599. The minimum atomic E-state index is 0.279. The van der Waals surface area contributed by atoms with Gasteiger partial charge in [0.15, 0.2) is 0 Å². The minimum Gasteiger partial charge on any atom is -0.364 e. The number of rotatable bonds is 3. The summed E-state index contributed by atoms with van der Waals surface area (Å²) in [5.41, 5.74) is 4.23. The molecule has 0 aliphatic carbocycles. The quantitative estimate of drug-likeness (QED) is 0.741. The number of benzene rings is 2. The molecule has 2 aliphatic rings. The van der Waals surface area contributed by atoms with Gasteiger partial charge in [-0.05, 0) is 41.2 Å². The van der Waals surface area contributed by atoms with Gasteiger partial charge in [-0.2, -0.15) is 0 Å². The third kappa shape index (κ3) is 2.31. The van der Waals surface area contributed by atoms with Crippen LogP contribution in [0.2, 0.25) is 0 Å². The molecule has 2 heteroatoms. The summed E-state index contributed by atoms with van der Waals surface area (Å²) >= 11 is 1.97. The van der Waals surface area contributed by atoms with Crippen molar-refractivity contribution in [2.75, 3.05) is 0 Å². The van der Waals surface area contributed by atoms with Gasteiger partial charge in [-0.15, -0.1) is 11.8 Å². The summed E-state index contributed by atoms with van der Waals surface area (Å²) in [6.07, 6.45) is 1.73. The van der Waals surface area contributed by atoms with Crippen molar-refractivity contribution in [3.05, 3.63) is 65.2 Å². The molecule has 0 unspecified atom stereocenters. The third-order valence-corrected chi connectivity index (χ3v) is 5.87. The second-order valence-corrected chi connectivity index (χ2v) is 7.60. The zero-order chi connectivity index (χ0) is 14.4. The first-order chi connectivity index (χ1) is 10.2. The third-order valence-electron chi connectivity index (χ3n) is 4.58. The first-order valence-electron chi connectivity index (χ1n) is 7.73. The molecule has 4 rings (SSSR count). The first-order valence-corrected chi connectivity index (χ1v) is 8.61. The normalized spacial score (nSPS) is 26.3. The Morgan fingerprint density at radius 2 is 1.71 bits per heavy atom. The highest BCUT2D eigenvalue weighted by Gasteiger charge is 2.45. The maximum absolute atomic E-state index is 6.17. The van der Waals surface area contributed by atoms with E-state index in [9.17, 15) is 0 Å². The number of thioether (sulfide) groups is 1. The van der Waals surface area contributed by atoms with Crippen LogP contribution in [0.3, 0.4) is 0 Å². The molecule has 0 spiro atoms. The number of hydrogen-bond acceptors (Lipinski definition) is 2. The molecule has 1 nitrogen and oxygen atoms in total. The fraction of sp³-hybridized carbons (Fsp3) is 0.368. The minimum absolute atomic E-state index is 0.279. The van der Waals surface area contributed by atoms with Crippen LogP contribution in [0.4, 0.5) is 0 Å². The zero-order valence-corrected chi connectivity index (χ0v) is 13.3. The fourth-order valence-corrected chi connectivity index (χ4v) is 4.66. The highest BCUT2D eigenvalue weighted by atomic mass is 32.2. The Morgan fingerprint density at radius 1 is 1.00 bits per heavy atom. The largest absolute Gasteiger partial charge is 0.364 e. The average Bonchev–Trinajstić information content (AvgIpc) is 3.07. The van der Waals surface area contributed by atoms with E-state index in [2.05, 4.69) is 62.4 Å². The van der Waals surface area contributed by atoms with Gasteiger partial charge in [-0.1, -0.05) is 50.2 Å². The number of hydrogen-bond donors (Lipinski definition) is 0. The SMILES string of the molecule is CC(C)c1ccc(S[C@@H]2C[C@@H]3O[C@H]2c2ccccc23)cc1. The summed E-state index contributed by atoms with van der Waals surface area (Å²) < 4.78 is 6.17. The van der Waals surface area contributed by atoms with Gasteiger partial charge < -0.3 is 4.74 Å². The summed E-state index contributed by atoms with van der Waals surface area (Å²) in [5, 5.41) is 0.551. The van der Waals surface area contributed by atoms with E-state index in [4.69, 9.17) is 4.74 Å². The highest BCUT2D eigenvalue weighted by molar-refractivity contribution is 8.00. The molecule has 1 fully saturated rings. The molecule has 0 N–H and O–H groups in total. The molecule has 21 heavy (non-hydrogen) atoms. The van der Waals surface area contributed by atoms with Crippen LogP contribution in [-0.2, 0) is 4.74 Å². The van der Waals surface area contributed by atoms with E-state index in [0.717, 1.165) is 6.42 Å². The van der Waals surface area contributed by atoms with Crippen LogP contribution in [0.15, 0.2) is 53.4 Å². The average molecular weight is 296 g/mol. The van der Waals surface area contributed by atoms with Gasteiger partial charge in [0.05, 0.1) is 12.2 Å². The Bertz CT molecular complexity index is 647. The van der Waals surface area contributed by atoms with Gasteiger partial charge >= 0.3 is 0 Å². The molecule has 0 saturated carbocycles. The Morgan fingerprint density at radius 3 is 2.43 bits per heavy atom. The van der Waals surface area contributed by atoms with Gasteiger partial charge in [0.1, 0.15) is 0 Å². The molecule has 2 aromatic carbocycles. The molecule has 2 heterocycles. The Labute approximate surface area is 130 Å². The lowest BCUT2D eigenvalue weighted by molar-refractivity contribution is 0.0728. The topological polar surface area (TPSA) is 9.23 Å². The second-order valence-electron chi connectivity index (χ2n) is 6.29. The molecule has 0 aromatic heterocycles. The van der Waals surface area contributed by atoms with Crippen LogP contribution in [0.1, 0.15) is 55.1 Å². The monoisotopic (exact) mass is 296 g/mol. The molecular weight excluding hydrogens is 276 g/mol. The zero-order valence-electron chi connectivity index (χ0n) is 12.5. The van der Waals surface area contributed by atoms with Crippen LogP contribution in [0, 0.1) is 0 Å². The smallest absolute Gasteiger partial charge is 0.0960 e. The highest BCUT2D eigenvalue weighted by Crippen LogP contribution is 2.55. The van der Waals surface area contributed by atoms with E-state index >= 15 is 0 Å². The molecule has 1 saturated heterocycles. The molecule has 108 valence electrons. The predicted molar refractivity (Wildman–Crippen MR) is 87.8 cm³/mol. The Balaban J connectivity index is 1.52. The number of ether oxygens (including phenoxy) is 1. The van der Waals surface area contributed by atoms with Gasteiger partial charge in [0.2, 0.25) is 0 Å². The lowest BCUT2D eigenvalue weighted by Gasteiger charge is -2.21. The summed E-state index contributed by atoms with van der Waals surface area (Å²) in [6, 6.07) is 17.7. The van der Waals surface area contributed by atoms with E-state index in [0.29, 0.717) is 17.3 Å². The van der Waals surface area contributed by atoms with Gasteiger partial charge in [-0.3, -0.25) is 0 Å². The van der Waals surface area contributed by atoms with Crippen molar-refractivity contribution in [2.45, 2.75) is 48.5 Å². The van der Waals surface area contributed by atoms with Crippen molar-refractivity contribution in [1.29, 1.82) is 0 Å². The van der Waals surface area contributed by atoms with Crippen molar-refractivity contribution in [1.82, 2.24) is 0 Å². The van der Waals surface area contributed by atoms with Crippen molar-refractivity contribution >= 4 is 11.8 Å². The van der Waals surface area contributed by atoms with Crippen molar-refractivity contribution in [2.24, 2.45) is 0 Å². The molecule has 2 aliphatic heterocycles. The van der Waals surface area contributed by atoms with Crippen LogP contribution in [0.25, 0.3) is 0 Å². The van der Waals surface area contributed by atoms with Gasteiger partial charge in [0.25, 0.3) is 0 Å². The van der Waals surface area contributed by atoms with Crippen LogP contribution in [-0.4, -0.2) is 5.25 Å². The summed E-state index contributed by atoms with van der Waals surface area (Å²) in [4.78, 5) is 1.36. The summed E-state index contributed by atoms with van der Waals surface area (Å²) in [7, 11) is 0. The fourth-order valence-electron chi connectivity index (χ4n) is 3.41. The van der Waals surface area contributed by atoms with Crippen molar-refractivity contribution < 1.29 is 4.74 Å². The molecule has 0 amide bonds. The molecule has 2 bridgehead atoms. The Hall–Kier alpha value is -1.25. The van der Waals surface area contributed by atoms with E-state index in [1.165, 1.54) is 21.6 Å². The lowest BCUT2D eigenvalue weighted by Crippen LogP contribution is -2.12. The molecule has 0 radical (unpaired) electrons. The van der Waals surface area contributed by atoms with Crippen molar-refractivity contribution in [3.8, 4) is 0 Å². The molecular formula is C19H20OS. The summed E-state index contributed by atoms with van der Waals surface area (Å²) in [6.45, 7) is 4.48. The van der Waals surface area contributed by atoms with E-state index in [1.54, 1.807) is 0 Å². The van der Waals surface area contributed by atoms with E-state index in [-0.39, 0.29) is 6.10 Å². The van der Waals surface area contributed by atoms with E-state index in [1.807, 2.05) is 11.8 Å². The lowest BCUT2D eigenvalue weighted by atomic mass is 9.92. The molecule has 3 atom stereocenters. The van der Waals surface area contributed by atoms with Crippen molar-refractivity contribution in [3.63, 3.8) is 0 Å². The Kier molecular flexibility index (Phi) is 3.31.